The van der Waals surface area contributed by atoms with Gasteiger partial charge in [-0.3, -0.25) is 0 Å². The van der Waals surface area contributed by atoms with E-state index in [1.54, 1.807) is 0 Å². The van der Waals surface area contributed by atoms with Crippen LogP contribution in [0.1, 0.15) is 11.1 Å². The molecule has 0 saturated heterocycles. The second-order valence-corrected chi connectivity index (χ2v) is 8.25. The summed E-state index contributed by atoms with van der Waals surface area (Å²) in [4.78, 5) is 0. The lowest BCUT2D eigenvalue weighted by Gasteiger charge is -2.04. The highest BCUT2D eigenvalue weighted by molar-refractivity contribution is 6.17. The molecule has 0 atom stereocenters. The Morgan fingerprint density at radius 1 is 0.464 bits per heavy atom. The Balaban J connectivity index is 1.79. The van der Waals surface area contributed by atoms with E-state index in [0.717, 1.165) is 0 Å². The van der Waals surface area contributed by atoms with Gasteiger partial charge in [-0.1, -0.05) is 24.3 Å². The quantitative estimate of drug-likeness (QED) is 0.283. The molecular weight excluding hydrogens is 340 g/mol. The van der Waals surface area contributed by atoms with Gasteiger partial charge >= 0.3 is 0 Å². The summed E-state index contributed by atoms with van der Waals surface area (Å²) in [5.74, 6) is 0. The van der Waals surface area contributed by atoms with Crippen LogP contribution in [0.25, 0.3) is 54.4 Å². The summed E-state index contributed by atoms with van der Waals surface area (Å²) in [5.41, 5.74) is 7.80. The third kappa shape index (κ3) is 1.92. The number of aryl methyl sites for hydroxylation is 4. The number of hydrogen-bond acceptors (Lipinski definition) is 0. The first-order chi connectivity index (χ1) is 13.5. The highest BCUT2D eigenvalue weighted by Gasteiger charge is 2.13. The van der Waals surface area contributed by atoms with Gasteiger partial charge in [0.2, 0.25) is 0 Å². The zero-order valence-electron chi connectivity index (χ0n) is 16.7. The molecule has 2 nitrogen and oxygen atoms in total. The van der Waals surface area contributed by atoms with Gasteiger partial charge in [0.25, 0.3) is 0 Å². The number of aromatic nitrogens is 2. The van der Waals surface area contributed by atoms with E-state index >= 15 is 0 Å². The van der Waals surface area contributed by atoms with E-state index in [2.05, 4.69) is 97.7 Å². The predicted molar refractivity (Wildman–Crippen MR) is 121 cm³/mol. The lowest BCUT2D eigenvalue weighted by atomic mass is 10.0. The lowest BCUT2D eigenvalue weighted by Crippen LogP contribution is -1.88. The summed E-state index contributed by atoms with van der Waals surface area (Å²) in [7, 11) is 4.35. The largest absolute Gasteiger partial charge is 0.344 e. The molecule has 2 heterocycles. The molecule has 0 spiro atoms. The van der Waals surface area contributed by atoms with Gasteiger partial charge in [0.05, 0.1) is 0 Å². The lowest BCUT2D eigenvalue weighted by molar-refractivity contribution is 1.01. The van der Waals surface area contributed by atoms with E-state index in [4.69, 9.17) is 0 Å². The standard InChI is InChI=1S/C26H22N2/c1-15-5-7-19-21-11-17-14-26-22(20-8-6-16(2)10-24(20)28(26)4)12-18(17)13-25(21)27(3)23(19)9-15/h5-14H,1-4H3. The molecule has 6 rings (SSSR count). The smallest absolute Gasteiger partial charge is 0.0495 e. The Bertz CT molecular complexity index is 1470. The van der Waals surface area contributed by atoms with Crippen LogP contribution in [0.3, 0.4) is 0 Å². The molecule has 0 aliphatic rings. The Morgan fingerprint density at radius 2 is 0.857 bits per heavy atom. The molecule has 0 aliphatic heterocycles. The zero-order chi connectivity index (χ0) is 19.2. The number of fused-ring (bicyclic) bond motifs is 7. The van der Waals surface area contributed by atoms with Crippen LogP contribution in [0, 0.1) is 13.8 Å². The molecule has 28 heavy (non-hydrogen) atoms. The molecule has 0 fully saturated rings. The van der Waals surface area contributed by atoms with Crippen LogP contribution in [0.5, 0.6) is 0 Å². The van der Waals surface area contributed by atoms with Crippen LogP contribution in [0.4, 0.5) is 0 Å². The van der Waals surface area contributed by atoms with Crippen molar-refractivity contribution >= 4 is 54.4 Å². The molecular formula is C26H22N2. The van der Waals surface area contributed by atoms with Crippen molar-refractivity contribution in [3.8, 4) is 0 Å². The molecule has 4 aromatic carbocycles. The monoisotopic (exact) mass is 362 g/mol. The molecule has 0 bridgehead atoms. The second-order valence-electron chi connectivity index (χ2n) is 8.25. The Hall–Kier alpha value is -3.26. The minimum atomic E-state index is 1.29. The van der Waals surface area contributed by atoms with Crippen molar-refractivity contribution in [2.45, 2.75) is 13.8 Å². The summed E-state index contributed by atoms with van der Waals surface area (Å²) in [6, 6.07) is 22.9. The Labute approximate surface area is 163 Å². The van der Waals surface area contributed by atoms with Crippen LogP contribution >= 0.6 is 0 Å². The first-order valence-corrected chi connectivity index (χ1v) is 9.82. The fraction of sp³-hybridized carbons (Fsp3) is 0.154. The molecule has 6 aromatic rings. The first-order valence-electron chi connectivity index (χ1n) is 9.82. The third-order valence-corrected chi connectivity index (χ3v) is 6.40. The molecule has 0 saturated carbocycles. The van der Waals surface area contributed by atoms with Gasteiger partial charge in [0.1, 0.15) is 0 Å². The Morgan fingerprint density at radius 3 is 1.29 bits per heavy atom. The first kappa shape index (κ1) is 15.8. The molecule has 0 N–H and O–H groups in total. The number of hydrogen-bond donors (Lipinski definition) is 0. The summed E-state index contributed by atoms with van der Waals surface area (Å²) >= 11 is 0. The summed E-state index contributed by atoms with van der Waals surface area (Å²) in [5, 5.41) is 7.93. The molecule has 0 aliphatic carbocycles. The number of nitrogens with zero attached hydrogens (tertiary/aromatic N) is 2. The van der Waals surface area contributed by atoms with Crippen LogP contribution in [-0.4, -0.2) is 9.13 Å². The van der Waals surface area contributed by atoms with Crippen LogP contribution in [-0.2, 0) is 14.1 Å². The minimum absolute atomic E-state index is 1.29. The van der Waals surface area contributed by atoms with Crippen LogP contribution < -0.4 is 0 Å². The average Bonchev–Trinajstić information content (AvgIpc) is 3.10. The van der Waals surface area contributed by atoms with E-state index in [0.29, 0.717) is 0 Å². The van der Waals surface area contributed by atoms with Crippen molar-refractivity contribution < 1.29 is 0 Å². The summed E-state index contributed by atoms with van der Waals surface area (Å²) in [6.45, 7) is 4.32. The molecule has 2 aromatic heterocycles. The highest BCUT2D eigenvalue weighted by atomic mass is 14.9. The molecule has 136 valence electrons. The second kappa shape index (κ2) is 5.17. The van der Waals surface area contributed by atoms with Gasteiger partial charge in [0.15, 0.2) is 0 Å². The van der Waals surface area contributed by atoms with Gasteiger partial charge in [-0.2, -0.15) is 0 Å². The van der Waals surface area contributed by atoms with Crippen molar-refractivity contribution in [2.24, 2.45) is 14.1 Å². The molecule has 2 heteroatoms. The minimum Gasteiger partial charge on any atom is -0.344 e. The molecule has 0 radical (unpaired) electrons. The molecule has 0 amide bonds. The van der Waals surface area contributed by atoms with Crippen molar-refractivity contribution in [3.63, 3.8) is 0 Å². The van der Waals surface area contributed by atoms with Gasteiger partial charge in [-0.05, 0) is 72.1 Å². The SMILES string of the molecule is Cc1ccc2c3cc4cc5c(cc4cc3n(C)c2c1)c1ccc(C)cc1n5C. The van der Waals surface area contributed by atoms with Crippen molar-refractivity contribution in [1.82, 2.24) is 9.13 Å². The highest BCUT2D eigenvalue weighted by Crippen LogP contribution is 2.36. The summed E-state index contributed by atoms with van der Waals surface area (Å²) in [6.07, 6.45) is 0. The zero-order valence-corrected chi connectivity index (χ0v) is 16.7. The maximum Gasteiger partial charge on any atom is 0.0495 e. The molecule has 0 unspecified atom stereocenters. The predicted octanol–water partition coefficient (Wildman–Crippen LogP) is 6.75. The van der Waals surface area contributed by atoms with E-state index < -0.39 is 0 Å². The normalized spacial score (nSPS) is 12.3. The van der Waals surface area contributed by atoms with Crippen molar-refractivity contribution in [3.05, 3.63) is 71.8 Å². The van der Waals surface area contributed by atoms with E-state index in [-0.39, 0.29) is 0 Å². The maximum atomic E-state index is 2.37. The van der Waals surface area contributed by atoms with Gasteiger partial charge in [0, 0.05) is 57.7 Å². The fourth-order valence-corrected chi connectivity index (χ4v) is 4.87. The topological polar surface area (TPSA) is 9.86 Å². The maximum absolute atomic E-state index is 2.37. The Kier molecular flexibility index (Phi) is 2.91. The van der Waals surface area contributed by atoms with Crippen LogP contribution in [0.15, 0.2) is 60.7 Å². The van der Waals surface area contributed by atoms with Gasteiger partial charge < -0.3 is 9.13 Å². The van der Waals surface area contributed by atoms with Gasteiger partial charge in [-0.15, -0.1) is 0 Å². The number of benzene rings is 4. The van der Waals surface area contributed by atoms with Crippen LogP contribution in [0.2, 0.25) is 0 Å². The number of rotatable bonds is 0. The van der Waals surface area contributed by atoms with Gasteiger partial charge in [-0.25, -0.2) is 0 Å². The fourth-order valence-electron chi connectivity index (χ4n) is 4.87. The van der Waals surface area contributed by atoms with E-state index in [1.165, 1.54) is 65.5 Å². The summed E-state index contributed by atoms with van der Waals surface area (Å²) < 4.78 is 4.65. The van der Waals surface area contributed by atoms with E-state index in [9.17, 15) is 0 Å². The van der Waals surface area contributed by atoms with E-state index in [1.807, 2.05) is 0 Å². The average molecular weight is 362 g/mol. The van der Waals surface area contributed by atoms with Crippen molar-refractivity contribution in [1.29, 1.82) is 0 Å². The van der Waals surface area contributed by atoms with Crippen molar-refractivity contribution in [2.75, 3.05) is 0 Å². The third-order valence-electron chi connectivity index (χ3n) is 6.40.